The van der Waals surface area contributed by atoms with E-state index in [1.54, 1.807) is 36.4 Å². The molecule has 0 radical (unpaired) electrons. The number of nitrogens with zero attached hydrogens (tertiary/aromatic N) is 4. The normalized spacial score (nSPS) is 16.1. The molecule has 0 aliphatic carbocycles. The summed E-state index contributed by atoms with van der Waals surface area (Å²) in [7, 11) is 0. The van der Waals surface area contributed by atoms with E-state index in [0.29, 0.717) is 27.7 Å². The van der Waals surface area contributed by atoms with Crippen molar-refractivity contribution < 1.29 is 5.11 Å². The molecule has 0 saturated heterocycles. The third-order valence-electron chi connectivity index (χ3n) is 3.61. The zero-order valence-corrected chi connectivity index (χ0v) is 13.5. The van der Waals surface area contributed by atoms with Crippen molar-refractivity contribution in [2.45, 2.75) is 6.23 Å². The molecule has 3 aromatic rings. The zero-order valence-electron chi connectivity index (χ0n) is 11.9. The number of halogens is 2. The maximum absolute atomic E-state index is 12.1. The van der Waals surface area contributed by atoms with Crippen LogP contribution in [0.1, 0.15) is 23.3 Å². The topological polar surface area (TPSA) is 96.2 Å². The first-order chi connectivity index (χ1) is 11.6. The van der Waals surface area contributed by atoms with Crippen LogP contribution in [0.5, 0.6) is 0 Å². The minimum absolute atomic E-state index is 0.0624. The van der Waals surface area contributed by atoms with Gasteiger partial charge >= 0.3 is 5.69 Å². The molecule has 7 nitrogen and oxygen atoms in total. The molecule has 1 aromatic carbocycles. The molecule has 4 rings (SSSR count). The quantitative estimate of drug-likeness (QED) is 0.648. The van der Waals surface area contributed by atoms with Crippen molar-refractivity contribution in [3.63, 3.8) is 0 Å². The van der Waals surface area contributed by atoms with Crippen LogP contribution >= 0.6 is 23.2 Å². The Labute approximate surface area is 145 Å². The van der Waals surface area contributed by atoms with Crippen molar-refractivity contribution in [3.05, 3.63) is 74.1 Å². The molecule has 1 aliphatic rings. The van der Waals surface area contributed by atoms with Crippen molar-refractivity contribution in [1.82, 2.24) is 19.7 Å². The maximum atomic E-state index is 12.1. The number of aromatic amines is 1. The molecular weight excluding hydrogens is 353 g/mol. The predicted molar refractivity (Wildman–Crippen MR) is 89.0 cm³/mol. The van der Waals surface area contributed by atoms with Crippen LogP contribution in [-0.2, 0) is 0 Å². The van der Waals surface area contributed by atoms with Gasteiger partial charge in [-0.05, 0) is 18.2 Å². The maximum Gasteiger partial charge on any atom is 0.348 e. The average molecular weight is 362 g/mol. The minimum atomic E-state index is -1.36. The van der Waals surface area contributed by atoms with Gasteiger partial charge in [-0.3, -0.25) is 0 Å². The fourth-order valence-electron chi connectivity index (χ4n) is 2.59. The van der Waals surface area contributed by atoms with E-state index in [4.69, 9.17) is 23.2 Å². The number of H-pyrrole nitrogens is 1. The second-order valence-electron chi connectivity index (χ2n) is 5.06. The Bertz CT molecular complexity index is 1040. The van der Waals surface area contributed by atoms with Crippen LogP contribution in [-0.4, -0.2) is 30.6 Å². The highest BCUT2D eigenvalue weighted by Gasteiger charge is 2.28. The summed E-state index contributed by atoms with van der Waals surface area (Å²) >= 11 is 12.3. The SMILES string of the molecule is O=c1[nH]nc2n1-c1ccc(Cl)nc1C(c1ccccc1Cl)=NC2O. The van der Waals surface area contributed by atoms with Gasteiger partial charge in [0.1, 0.15) is 10.8 Å². The monoisotopic (exact) mass is 361 g/mol. The Kier molecular flexibility index (Phi) is 3.49. The third kappa shape index (κ3) is 2.25. The van der Waals surface area contributed by atoms with Gasteiger partial charge in [0.05, 0.1) is 16.4 Å². The Morgan fingerprint density at radius 2 is 1.96 bits per heavy atom. The number of aliphatic hydroxyl groups excluding tert-OH is 1. The highest BCUT2D eigenvalue weighted by atomic mass is 35.5. The summed E-state index contributed by atoms with van der Waals surface area (Å²) in [5.74, 6) is 0.0624. The van der Waals surface area contributed by atoms with Crippen LogP contribution in [0.3, 0.4) is 0 Å². The molecule has 1 unspecified atom stereocenters. The number of nitrogens with one attached hydrogen (secondary N) is 1. The Balaban J connectivity index is 2.09. The van der Waals surface area contributed by atoms with Gasteiger partial charge < -0.3 is 5.11 Å². The van der Waals surface area contributed by atoms with Gasteiger partial charge in [-0.1, -0.05) is 41.4 Å². The molecule has 0 spiro atoms. The average Bonchev–Trinajstić information content (AvgIpc) is 2.89. The lowest BCUT2D eigenvalue weighted by atomic mass is 10.1. The van der Waals surface area contributed by atoms with Gasteiger partial charge in [-0.25, -0.2) is 24.4 Å². The van der Waals surface area contributed by atoms with E-state index in [2.05, 4.69) is 20.2 Å². The summed E-state index contributed by atoms with van der Waals surface area (Å²) in [5, 5.41) is 17.2. The van der Waals surface area contributed by atoms with Crippen molar-refractivity contribution in [3.8, 4) is 5.69 Å². The van der Waals surface area contributed by atoms with Gasteiger partial charge in [-0.2, -0.15) is 5.10 Å². The second-order valence-corrected chi connectivity index (χ2v) is 5.85. The van der Waals surface area contributed by atoms with Crippen molar-refractivity contribution >= 4 is 28.9 Å². The fourth-order valence-corrected chi connectivity index (χ4v) is 2.96. The highest BCUT2D eigenvalue weighted by Crippen LogP contribution is 2.29. The van der Waals surface area contributed by atoms with E-state index in [9.17, 15) is 9.90 Å². The van der Waals surface area contributed by atoms with Gasteiger partial charge in [0.2, 0.25) is 6.23 Å². The number of fused-ring (bicyclic) bond motifs is 3. The molecule has 0 fully saturated rings. The fraction of sp³-hybridized carbons (Fsp3) is 0.0667. The lowest BCUT2D eigenvalue weighted by Gasteiger charge is -2.11. The smallest absolute Gasteiger partial charge is 0.348 e. The first-order valence-electron chi connectivity index (χ1n) is 6.91. The second kappa shape index (κ2) is 5.55. The van der Waals surface area contributed by atoms with E-state index in [0.717, 1.165) is 0 Å². The predicted octanol–water partition coefficient (Wildman–Crippen LogP) is 2.10. The molecule has 3 heterocycles. The lowest BCUT2D eigenvalue weighted by Crippen LogP contribution is -2.19. The number of hydrogen-bond acceptors (Lipinski definition) is 5. The molecule has 2 aromatic heterocycles. The van der Waals surface area contributed by atoms with Crippen molar-refractivity contribution in [2.24, 2.45) is 4.99 Å². The first kappa shape index (κ1) is 15.1. The molecule has 0 bridgehead atoms. The summed E-state index contributed by atoms with van der Waals surface area (Å²) in [6.07, 6.45) is -1.36. The Morgan fingerprint density at radius 3 is 2.75 bits per heavy atom. The molecule has 1 atom stereocenters. The number of hydrogen-bond donors (Lipinski definition) is 2. The van der Waals surface area contributed by atoms with E-state index < -0.39 is 11.9 Å². The number of aromatic nitrogens is 4. The van der Waals surface area contributed by atoms with Crippen molar-refractivity contribution in [2.75, 3.05) is 0 Å². The van der Waals surface area contributed by atoms with E-state index in [1.807, 2.05) is 0 Å². The van der Waals surface area contributed by atoms with Crippen LogP contribution < -0.4 is 5.69 Å². The molecule has 1 aliphatic heterocycles. The van der Waals surface area contributed by atoms with Crippen molar-refractivity contribution in [1.29, 1.82) is 0 Å². The number of benzene rings is 1. The van der Waals surface area contributed by atoms with Crippen LogP contribution in [0.4, 0.5) is 0 Å². The molecule has 0 saturated carbocycles. The first-order valence-corrected chi connectivity index (χ1v) is 7.67. The summed E-state index contributed by atoms with van der Waals surface area (Å²) in [4.78, 5) is 20.7. The Hall–Kier alpha value is -2.48. The minimum Gasteiger partial charge on any atom is -0.365 e. The van der Waals surface area contributed by atoms with Gasteiger partial charge in [0.25, 0.3) is 0 Å². The number of aliphatic hydroxyl groups is 1. The van der Waals surface area contributed by atoms with Gasteiger partial charge in [0, 0.05) is 5.56 Å². The van der Waals surface area contributed by atoms with Crippen LogP contribution in [0.15, 0.2) is 46.2 Å². The summed E-state index contributed by atoms with van der Waals surface area (Å²) < 4.78 is 1.22. The van der Waals surface area contributed by atoms with Crippen LogP contribution in [0, 0.1) is 0 Å². The molecule has 2 N–H and O–H groups in total. The molecular formula is C15H9Cl2N5O2. The van der Waals surface area contributed by atoms with E-state index in [1.165, 1.54) is 4.57 Å². The molecule has 24 heavy (non-hydrogen) atoms. The van der Waals surface area contributed by atoms with E-state index in [-0.39, 0.29) is 11.0 Å². The third-order valence-corrected chi connectivity index (χ3v) is 4.15. The summed E-state index contributed by atoms with van der Waals surface area (Å²) in [5.41, 5.74) is 1.12. The molecule has 0 amide bonds. The highest BCUT2D eigenvalue weighted by molar-refractivity contribution is 6.35. The lowest BCUT2D eigenvalue weighted by molar-refractivity contribution is 0.177. The number of pyridine rings is 1. The molecule has 9 heteroatoms. The molecule has 120 valence electrons. The van der Waals surface area contributed by atoms with Gasteiger partial charge in [0.15, 0.2) is 5.82 Å². The largest absolute Gasteiger partial charge is 0.365 e. The van der Waals surface area contributed by atoms with Crippen LogP contribution in [0.25, 0.3) is 5.69 Å². The standard InChI is InChI=1S/C15H9Cl2N5O2/c16-8-4-2-1-3-7(8)11-12-9(5-6-10(17)18-12)22-13(14(23)19-11)20-21-15(22)24/h1-6,14,23H,(H,21,24). The summed E-state index contributed by atoms with van der Waals surface area (Å²) in [6.45, 7) is 0. The number of rotatable bonds is 1. The van der Waals surface area contributed by atoms with Crippen LogP contribution in [0.2, 0.25) is 10.2 Å². The van der Waals surface area contributed by atoms with Gasteiger partial charge in [-0.15, -0.1) is 0 Å². The van der Waals surface area contributed by atoms with E-state index >= 15 is 0 Å². The Morgan fingerprint density at radius 1 is 1.17 bits per heavy atom. The number of aliphatic imine (C=N–C) groups is 1. The zero-order chi connectivity index (χ0) is 16.8. The summed E-state index contributed by atoms with van der Waals surface area (Å²) in [6, 6.07) is 10.2.